The Hall–Kier alpha value is -3.64. The van der Waals surface area contributed by atoms with E-state index in [4.69, 9.17) is 4.42 Å². The molecular weight excluding hydrogens is 418 g/mol. The van der Waals surface area contributed by atoms with E-state index < -0.39 is 0 Å². The number of allylic oxidation sites excluding steroid dienone is 1. The van der Waals surface area contributed by atoms with Crippen molar-refractivity contribution in [3.8, 4) is 0 Å². The van der Waals surface area contributed by atoms with Crippen LogP contribution in [0, 0.1) is 0 Å². The number of hydrogen-bond donors (Lipinski definition) is 0. The predicted molar refractivity (Wildman–Crippen MR) is 128 cm³/mol. The Morgan fingerprint density at radius 1 is 0.969 bits per heavy atom. The number of fused-ring (bicyclic) bond motifs is 3. The van der Waals surface area contributed by atoms with Gasteiger partial charge >= 0.3 is 0 Å². The molecule has 0 radical (unpaired) electrons. The van der Waals surface area contributed by atoms with Gasteiger partial charge in [0.25, 0.3) is 0 Å². The molecule has 0 bridgehead atoms. The molecule has 0 aliphatic rings. The molecule has 0 fully saturated rings. The summed E-state index contributed by atoms with van der Waals surface area (Å²) in [5.74, 6) is 1.18. The number of ketones is 1. The highest BCUT2D eigenvalue weighted by atomic mass is 32.2. The Labute approximate surface area is 189 Å². The molecule has 0 atom stereocenters. The summed E-state index contributed by atoms with van der Waals surface area (Å²) in [7, 11) is 0. The van der Waals surface area contributed by atoms with E-state index in [1.54, 1.807) is 0 Å². The molecule has 5 rings (SSSR count). The number of carbonyl (C=O) groups excluding carboxylic acids is 1. The van der Waals surface area contributed by atoms with Crippen LogP contribution in [-0.4, -0.2) is 26.3 Å². The highest BCUT2D eigenvalue weighted by Gasteiger charge is 2.16. The molecule has 5 aromatic rings. The number of aromatic nitrogens is 3. The number of thioether (sulfide) groups is 1. The first-order chi connectivity index (χ1) is 15.7. The van der Waals surface area contributed by atoms with Crippen LogP contribution < -0.4 is 0 Å². The lowest BCUT2D eigenvalue weighted by Gasteiger charge is -2.08. The molecule has 158 valence electrons. The number of Topliss-reactive ketones (excluding diaryl/α,β-unsaturated/α-hetero) is 1. The third kappa shape index (κ3) is 3.97. The summed E-state index contributed by atoms with van der Waals surface area (Å²) in [5.41, 5.74) is 3.44. The average molecular weight is 440 g/mol. The second kappa shape index (κ2) is 8.85. The van der Waals surface area contributed by atoms with Gasteiger partial charge in [0, 0.05) is 29.3 Å². The summed E-state index contributed by atoms with van der Waals surface area (Å²) in [6, 6.07) is 23.6. The number of hydrogen-bond acceptors (Lipinski definition) is 5. The quantitative estimate of drug-likeness (QED) is 0.170. The standard InChI is InChI=1S/C26H21N3O2S/c1-2-14-29-25(15-18-8-4-3-5-9-18)27-28-26(29)32-17-22(30)19-12-13-24-21(16-19)20-10-6-7-11-23(20)31-24/h2-13,16H,1,14-15,17H2. The summed E-state index contributed by atoms with van der Waals surface area (Å²) in [5, 5.41) is 11.4. The van der Waals surface area contributed by atoms with Gasteiger partial charge in [-0.2, -0.15) is 0 Å². The maximum Gasteiger partial charge on any atom is 0.191 e. The molecule has 6 heteroatoms. The third-order valence-corrected chi connectivity index (χ3v) is 6.31. The molecule has 2 aromatic heterocycles. The topological polar surface area (TPSA) is 60.9 Å². The maximum atomic E-state index is 13.0. The van der Waals surface area contributed by atoms with Gasteiger partial charge in [0.05, 0.1) is 5.75 Å². The summed E-state index contributed by atoms with van der Waals surface area (Å²) in [6.07, 6.45) is 2.50. The minimum absolute atomic E-state index is 0.0416. The van der Waals surface area contributed by atoms with E-state index in [2.05, 4.69) is 28.9 Å². The Bertz CT molecular complexity index is 1420. The molecule has 0 amide bonds. The first-order valence-corrected chi connectivity index (χ1v) is 11.4. The third-order valence-electron chi connectivity index (χ3n) is 5.34. The zero-order valence-electron chi connectivity index (χ0n) is 17.4. The molecule has 2 heterocycles. The van der Waals surface area contributed by atoms with Crippen LogP contribution in [0.3, 0.4) is 0 Å². The smallest absolute Gasteiger partial charge is 0.191 e. The molecular formula is C26H21N3O2S. The molecule has 0 unspecified atom stereocenters. The molecule has 0 saturated carbocycles. The van der Waals surface area contributed by atoms with E-state index >= 15 is 0 Å². The van der Waals surface area contributed by atoms with Gasteiger partial charge in [-0.25, -0.2) is 0 Å². The highest BCUT2D eigenvalue weighted by molar-refractivity contribution is 7.99. The monoisotopic (exact) mass is 439 g/mol. The van der Waals surface area contributed by atoms with E-state index in [9.17, 15) is 4.79 Å². The highest BCUT2D eigenvalue weighted by Crippen LogP contribution is 2.30. The van der Waals surface area contributed by atoms with Crippen LogP contribution in [0.2, 0.25) is 0 Å². The van der Waals surface area contributed by atoms with E-state index in [0.29, 0.717) is 18.5 Å². The molecule has 32 heavy (non-hydrogen) atoms. The van der Waals surface area contributed by atoms with Crippen molar-refractivity contribution in [1.82, 2.24) is 14.8 Å². The van der Waals surface area contributed by atoms with Gasteiger partial charge in [-0.15, -0.1) is 16.8 Å². The molecule has 0 saturated heterocycles. The van der Waals surface area contributed by atoms with E-state index in [-0.39, 0.29) is 11.5 Å². The number of nitrogens with zero attached hydrogens (tertiary/aromatic N) is 3. The molecule has 0 N–H and O–H groups in total. The van der Waals surface area contributed by atoms with Gasteiger partial charge in [0.2, 0.25) is 0 Å². The zero-order chi connectivity index (χ0) is 21.9. The minimum atomic E-state index is 0.0416. The molecule has 0 aliphatic heterocycles. The largest absolute Gasteiger partial charge is 0.456 e. The van der Waals surface area contributed by atoms with Crippen molar-refractivity contribution in [3.05, 3.63) is 102 Å². The number of rotatable bonds is 8. The SMILES string of the molecule is C=CCn1c(Cc2ccccc2)nnc1SCC(=O)c1ccc2oc3ccccc3c2c1. The molecule has 0 aliphatic carbocycles. The lowest BCUT2D eigenvalue weighted by Crippen LogP contribution is -2.07. The van der Waals surface area contributed by atoms with Gasteiger partial charge in [-0.3, -0.25) is 4.79 Å². The van der Waals surface area contributed by atoms with Crippen LogP contribution in [0.15, 0.2) is 95.0 Å². The summed E-state index contributed by atoms with van der Waals surface area (Å²) in [4.78, 5) is 13.0. The average Bonchev–Trinajstić information content (AvgIpc) is 3.39. The summed E-state index contributed by atoms with van der Waals surface area (Å²) < 4.78 is 7.88. The first-order valence-electron chi connectivity index (χ1n) is 10.4. The van der Waals surface area contributed by atoms with Crippen molar-refractivity contribution in [3.63, 3.8) is 0 Å². The molecule has 5 nitrogen and oxygen atoms in total. The Morgan fingerprint density at radius 2 is 1.75 bits per heavy atom. The van der Waals surface area contributed by atoms with Crippen LogP contribution >= 0.6 is 11.8 Å². The Morgan fingerprint density at radius 3 is 2.59 bits per heavy atom. The van der Waals surface area contributed by atoms with Gasteiger partial charge in [-0.1, -0.05) is 66.4 Å². The lowest BCUT2D eigenvalue weighted by atomic mass is 10.1. The maximum absolute atomic E-state index is 13.0. The number of benzene rings is 3. The minimum Gasteiger partial charge on any atom is -0.456 e. The first kappa shape index (κ1) is 20.3. The van der Waals surface area contributed by atoms with E-state index in [1.165, 1.54) is 17.3 Å². The van der Waals surface area contributed by atoms with Crippen molar-refractivity contribution in [2.45, 2.75) is 18.1 Å². The lowest BCUT2D eigenvalue weighted by molar-refractivity contribution is 0.102. The molecule has 3 aromatic carbocycles. The zero-order valence-corrected chi connectivity index (χ0v) is 18.2. The van der Waals surface area contributed by atoms with Crippen LogP contribution in [0.5, 0.6) is 0 Å². The van der Waals surface area contributed by atoms with Crippen LogP contribution in [-0.2, 0) is 13.0 Å². The van der Waals surface area contributed by atoms with Gasteiger partial charge in [0.15, 0.2) is 10.9 Å². The van der Waals surface area contributed by atoms with Gasteiger partial charge in [0.1, 0.15) is 17.0 Å². The van der Waals surface area contributed by atoms with Crippen LogP contribution in [0.25, 0.3) is 21.9 Å². The summed E-state index contributed by atoms with van der Waals surface area (Å²) in [6.45, 7) is 4.45. The number of para-hydroxylation sites is 1. The van der Waals surface area contributed by atoms with Crippen molar-refractivity contribution in [1.29, 1.82) is 0 Å². The molecule has 0 spiro atoms. The van der Waals surface area contributed by atoms with Gasteiger partial charge < -0.3 is 8.98 Å². The fourth-order valence-corrected chi connectivity index (χ4v) is 4.62. The fraction of sp³-hybridized carbons (Fsp3) is 0.115. The second-order valence-electron chi connectivity index (χ2n) is 7.48. The van der Waals surface area contributed by atoms with Crippen LogP contribution in [0.4, 0.5) is 0 Å². The van der Waals surface area contributed by atoms with Crippen molar-refractivity contribution in [2.24, 2.45) is 0 Å². The van der Waals surface area contributed by atoms with Crippen LogP contribution in [0.1, 0.15) is 21.7 Å². The number of furan rings is 1. The van der Waals surface area contributed by atoms with Gasteiger partial charge in [-0.05, 0) is 29.8 Å². The Balaban J connectivity index is 1.35. The normalized spacial score (nSPS) is 11.2. The second-order valence-corrected chi connectivity index (χ2v) is 8.42. The van der Waals surface area contributed by atoms with Crippen molar-refractivity contribution < 1.29 is 9.21 Å². The van der Waals surface area contributed by atoms with Crippen molar-refractivity contribution in [2.75, 3.05) is 5.75 Å². The van der Waals surface area contributed by atoms with E-state index in [1.807, 2.05) is 71.3 Å². The van der Waals surface area contributed by atoms with Crippen molar-refractivity contribution >= 4 is 39.5 Å². The predicted octanol–water partition coefficient (Wildman–Crippen LogP) is 5.93. The summed E-state index contributed by atoms with van der Waals surface area (Å²) >= 11 is 1.40. The number of carbonyl (C=O) groups is 1. The Kier molecular flexibility index (Phi) is 5.60. The fourth-order valence-electron chi connectivity index (χ4n) is 3.76. The van der Waals surface area contributed by atoms with E-state index in [0.717, 1.165) is 32.9 Å².